The summed E-state index contributed by atoms with van der Waals surface area (Å²) in [7, 11) is 0. The molecule has 2 fully saturated rings. The molecule has 2 saturated heterocycles. The summed E-state index contributed by atoms with van der Waals surface area (Å²) in [5.41, 5.74) is 6.75. The fourth-order valence-corrected chi connectivity index (χ4v) is 3.52. The van der Waals surface area contributed by atoms with E-state index in [0.717, 1.165) is 25.7 Å². The average Bonchev–Trinajstić information content (AvgIpc) is 3.30. The maximum atomic E-state index is 12.4. The molecule has 2 aliphatic rings. The van der Waals surface area contributed by atoms with Crippen molar-refractivity contribution in [1.29, 1.82) is 0 Å². The van der Waals surface area contributed by atoms with Crippen molar-refractivity contribution in [2.45, 2.75) is 50.4 Å². The minimum Gasteiger partial charge on any atom is -0.364 e. The number of carbonyl (C=O) groups excluding carboxylic acids is 2. The van der Waals surface area contributed by atoms with Gasteiger partial charge in [-0.15, -0.1) is 0 Å². The predicted octanol–water partition coefficient (Wildman–Crippen LogP) is 0.843. The number of nitrogens with one attached hydrogen (secondary N) is 1. The number of rotatable bonds is 6. The van der Waals surface area contributed by atoms with Crippen molar-refractivity contribution in [3.8, 4) is 0 Å². The van der Waals surface area contributed by atoms with Crippen LogP contribution in [0.4, 0.5) is 0 Å². The fourth-order valence-electron chi connectivity index (χ4n) is 3.52. The maximum absolute atomic E-state index is 12.4. The molecule has 2 heterocycles. The molecule has 6 nitrogen and oxygen atoms in total. The van der Waals surface area contributed by atoms with Gasteiger partial charge < -0.3 is 20.7 Å². The molecule has 0 bridgehead atoms. The lowest BCUT2D eigenvalue weighted by Gasteiger charge is -2.19. The molecule has 25 heavy (non-hydrogen) atoms. The highest BCUT2D eigenvalue weighted by molar-refractivity contribution is 5.82. The van der Waals surface area contributed by atoms with Crippen LogP contribution in [0, 0.1) is 0 Å². The molecular weight excluding hydrogens is 318 g/mol. The molecule has 3 rings (SSSR count). The monoisotopic (exact) mass is 345 g/mol. The van der Waals surface area contributed by atoms with Crippen molar-refractivity contribution < 1.29 is 14.3 Å². The smallest absolute Gasteiger partial charge is 0.249 e. The number of nitrogens with two attached hydrogens (primary N) is 1. The summed E-state index contributed by atoms with van der Waals surface area (Å²) in [5, 5.41) is 3.03. The van der Waals surface area contributed by atoms with E-state index in [9.17, 15) is 9.59 Å². The lowest BCUT2D eigenvalue weighted by atomic mass is 10.1. The zero-order chi connectivity index (χ0) is 17.6. The van der Waals surface area contributed by atoms with E-state index in [2.05, 4.69) is 5.32 Å². The molecule has 2 amide bonds. The first-order chi connectivity index (χ1) is 12.2. The van der Waals surface area contributed by atoms with Gasteiger partial charge in [0.2, 0.25) is 11.8 Å². The van der Waals surface area contributed by atoms with Gasteiger partial charge in [0.05, 0.1) is 6.10 Å². The van der Waals surface area contributed by atoms with Crippen LogP contribution in [0.15, 0.2) is 30.3 Å². The van der Waals surface area contributed by atoms with Crippen LogP contribution in [0.3, 0.4) is 0 Å². The van der Waals surface area contributed by atoms with Gasteiger partial charge in [-0.3, -0.25) is 9.59 Å². The molecule has 1 aromatic rings. The highest BCUT2D eigenvalue weighted by atomic mass is 16.5. The number of aryl methyl sites for hydroxylation is 1. The molecule has 3 atom stereocenters. The Morgan fingerprint density at radius 1 is 1.20 bits per heavy atom. The van der Waals surface area contributed by atoms with Crippen LogP contribution in [0.2, 0.25) is 0 Å². The number of carbonyl (C=O) groups is 2. The zero-order valence-corrected chi connectivity index (χ0v) is 14.5. The van der Waals surface area contributed by atoms with Crippen molar-refractivity contribution in [2.24, 2.45) is 5.73 Å². The van der Waals surface area contributed by atoms with Gasteiger partial charge in [-0.25, -0.2) is 0 Å². The van der Waals surface area contributed by atoms with Crippen LogP contribution in [0.5, 0.6) is 0 Å². The van der Waals surface area contributed by atoms with Gasteiger partial charge in [-0.1, -0.05) is 30.3 Å². The van der Waals surface area contributed by atoms with E-state index >= 15 is 0 Å². The molecule has 1 aromatic carbocycles. The molecule has 1 unspecified atom stereocenters. The first-order valence-corrected chi connectivity index (χ1v) is 9.13. The molecule has 3 N–H and O–H groups in total. The SMILES string of the molecule is NC[C@H]1CC[C@@H](C(=O)NC2CCN(C(=O)CCc3ccccc3)C2)O1. The normalized spacial score (nSPS) is 26.0. The van der Waals surface area contributed by atoms with Crippen molar-refractivity contribution in [3.63, 3.8) is 0 Å². The van der Waals surface area contributed by atoms with E-state index in [4.69, 9.17) is 10.5 Å². The molecule has 0 saturated carbocycles. The molecule has 136 valence electrons. The maximum Gasteiger partial charge on any atom is 0.249 e. The largest absolute Gasteiger partial charge is 0.364 e. The highest BCUT2D eigenvalue weighted by Gasteiger charge is 2.33. The first kappa shape index (κ1) is 17.9. The van der Waals surface area contributed by atoms with Crippen LogP contribution in [-0.4, -0.2) is 54.6 Å². The third kappa shape index (κ3) is 4.80. The van der Waals surface area contributed by atoms with Gasteiger partial charge >= 0.3 is 0 Å². The number of hydrogen-bond donors (Lipinski definition) is 2. The topological polar surface area (TPSA) is 84.7 Å². The van der Waals surface area contributed by atoms with Crippen LogP contribution in [0.25, 0.3) is 0 Å². The number of nitrogens with zero attached hydrogens (tertiary/aromatic N) is 1. The number of ether oxygens (including phenoxy) is 1. The molecule has 0 radical (unpaired) electrons. The standard InChI is InChI=1S/C19H27N3O3/c20-12-16-7-8-17(25-16)19(24)21-15-10-11-22(13-15)18(23)9-6-14-4-2-1-3-5-14/h1-5,15-17H,6-13,20H2,(H,21,24)/t15?,16-,17+/m1/s1. The summed E-state index contributed by atoms with van der Waals surface area (Å²) in [4.78, 5) is 26.5. The summed E-state index contributed by atoms with van der Waals surface area (Å²) in [6.07, 6.45) is 3.23. The second-order valence-electron chi connectivity index (χ2n) is 6.88. The van der Waals surface area contributed by atoms with Gasteiger partial charge in [0.1, 0.15) is 6.10 Å². The van der Waals surface area contributed by atoms with Gasteiger partial charge in [-0.05, 0) is 31.2 Å². The van der Waals surface area contributed by atoms with Crippen LogP contribution in [0.1, 0.15) is 31.2 Å². The number of amides is 2. The Morgan fingerprint density at radius 3 is 2.72 bits per heavy atom. The summed E-state index contributed by atoms with van der Waals surface area (Å²) < 4.78 is 5.63. The van der Waals surface area contributed by atoms with E-state index in [1.54, 1.807) is 0 Å². The van der Waals surface area contributed by atoms with Gasteiger partial charge in [0, 0.05) is 32.1 Å². The number of hydrogen-bond acceptors (Lipinski definition) is 4. The van der Waals surface area contributed by atoms with Gasteiger partial charge in [0.15, 0.2) is 0 Å². The lowest BCUT2D eigenvalue weighted by molar-refractivity contribution is -0.133. The van der Waals surface area contributed by atoms with E-state index in [-0.39, 0.29) is 24.0 Å². The van der Waals surface area contributed by atoms with Crippen LogP contribution >= 0.6 is 0 Å². The quantitative estimate of drug-likeness (QED) is 0.800. The Bertz CT molecular complexity index is 593. The molecule has 6 heteroatoms. The Kier molecular flexibility index (Phi) is 6.04. The zero-order valence-electron chi connectivity index (χ0n) is 14.5. The summed E-state index contributed by atoms with van der Waals surface area (Å²) in [6.45, 7) is 1.75. The minimum atomic E-state index is -0.392. The van der Waals surface area contributed by atoms with Crippen molar-refractivity contribution in [1.82, 2.24) is 10.2 Å². The number of benzene rings is 1. The highest BCUT2D eigenvalue weighted by Crippen LogP contribution is 2.20. The third-order valence-corrected chi connectivity index (χ3v) is 5.02. The summed E-state index contributed by atoms with van der Waals surface area (Å²) in [6, 6.07) is 10.0. The molecule has 2 aliphatic heterocycles. The Morgan fingerprint density at radius 2 is 2.00 bits per heavy atom. The Labute approximate surface area is 148 Å². The molecule has 0 spiro atoms. The lowest BCUT2D eigenvalue weighted by Crippen LogP contribution is -2.43. The molecular formula is C19H27N3O3. The van der Waals surface area contributed by atoms with Crippen molar-refractivity contribution in [3.05, 3.63) is 35.9 Å². The van der Waals surface area contributed by atoms with Crippen LogP contribution in [-0.2, 0) is 20.7 Å². The van der Waals surface area contributed by atoms with Crippen molar-refractivity contribution >= 4 is 11.8 Å². The van der Waals surface area contributed by atoms with E-state index in [1.807, 2.05) is 35.2 Å². The predicted molar refractivity (Wildman–Crippen MR) is 94.8 cm³/mol. The van der Waals surface area contributed by atoms with E-state index in [1.165, 1.54) is 5.56 Å². The molecule has 0 aromatic heterocycles. The van der Waals surface area contributed by atoms with E-state index in [0.29, 0.717) is 26.1 Å². The van der Waals surface area contributed by atoms with E-state index < -0.39 is 6.10 Å². The fraction of sp³-hybridized carbons (Fsp3) is 0.579. The Hall–Kier alpha value is -1.92. The van der Waals surface area contributed by atoms with Gasteiger partial charge in [-0.2, -0.15) is 0 Å². The number of likely N-dealkylation sites (tertiary alicyclic amines) is 1. The first-order valence-electron chi connectivity index (χ1n) is 9.13. The summed E-state index contributed by atoms with van der Waals surface area (Å²) >= 11 is 0. The average molecular weight is 345 g/mol. The summed E-state index contributed by atoms with van der Waals surface area (Å²) in [5.74, 6) is 0.0837. The second kappa shape index (κ2) is 8.45. The second-order valence-corrected chi connectivity index (χ2v) is 6.88. The molecule has 0 aliphatic carbocycles. The Balaban J connectivity index is 1.40. The minimum absolute atomic E-state index is 0.00427. The van der Waals surface area contributed by atoms with Crippen molar-refractivity contribution in [2.75, 3.05) is 19.6 Å². The van der Waals surface area contributed by atoms with Gasteiger partial charge in [0.25, 0.3) is 0 Å². The third-order valence-electron chi connectivity index (χ3n) is 5.02. The van der Waals surface area contributed by atoms with Crippen LogP contribution < -0.4 is 11.1 Å².